The summed E-state index contributed by atoms with van der Waals surface area (Å²) in [6.45, 7) is 0. The second-order valence-corrected chi connectivity index (χ2v) is 14.5. The van der Waals surface area contributed by atoms with Crippen molar-refractivity contribution in [2.24, 2.45) is 0 Å². The molecule has 0 fully saturated rings. The van der Waals surface area contributed by atoms with Gasteiger partial charge >= 0.3 is 0 Å². The first-order chi connectivity index (χ1) is 27.7. The number of para-hydroxylation sites is 2. The molecule has 11 rings (SSSR count). The van der Waals surface area contributed by atoms with Crippen LogP contribution in [0.15, 0.2) is 205 Å². The normalized spacial score (nSPS) is 14.6. The third-order valence-corrected chi connectivity index (χ3v) is 11.2. The van der Waals surface area contributed by atoms with Crippen LogP contribution in [0.2, 0.25) is 0 Å². The number of aromatic nitrogens is 1. The van der Waals surface area contributed by atoms with E-state index < -0.39 is 0 Å². The summed E-state index contributed by atoms with van der Waals surface area (Å²) in [6.07, 6.45) is 8.32. The molecule has 7 aromatic carbocycles. The molecular formula is C52H35N3O. The van der Waals surface area contributed by atoms with Crippen LogP contribution in [0.3, 0.4) is 0 Å². The molecule has 4 nitrogen and oxygen atoms in total. The molecule has 264 valence electrons. The number of allylic oxidation sites excluding steroid dienone is 2. The summed E-state index contributed by atoms with van der Waals surface area (Å²) >= 11 is 0. The molecule has 0 bridgehead atoms. The molecule has 1 atom stereocenters. The van der Waals surface area contributed by atoms with Gasteiger partial charge < -0.3 is 14.6 Å². The second-order valence-electron chi connectivity index (χ2n) is 14.5. The van der Waals surface area contributed by atoms with Gasteiger partial charge in [-0.1, -0.05) is 146 Å². The zero-order chi connectivity index (χ0) is 37.0. The van der Waals surface area contributed by atoms with Crippen LogP contribution in [0.1, 0.15) is 11.1 Å². The Balaban J connectivity index is 1.07. The van der Waals surface area contributed by atoms with Crippen molar-refractivity contribution in [1.82, 2.24) is 4.98 Å². The van der Waals surface area contributed by atoms with Gasteiger partial charge in [0.25, 0.3) is 0 Å². The van der Waals surface area contributed by atoms with Crippen molar-refractivity contribution in [2.75, 3.05) is 10.2 Å². The maximum atomic E-state index is 6.41. The van der Waals surface area contributed by atoms with Crippen molar-refractivity contribution < 1.29 is 4.42 Å². The van der Waals surface area contributed by atoms with Gasteiger partial charge in [-0.15, -0.1) is 0 Å². The number of rotatable bonds is 6. The van der Waals surface area contributed by atoms with E-state index in [1.54, 1.807) is 0 Å². The number of hydrogen-bond donors (Lipinski definition) is 1. The van der Waals surface area contributed by atoms with Crippen molar-refractivity contribution in [3.63, 3.8) is 0 Å². The average Bonchev–Trinajstić information content (AvgIpc) is 3.85. The van der Waals surface area contributed by atoms with E-state index in [4.69, 9.17) is 4.42 Å². The Bertz CT molecular complexity index is 2980. The van der Waals surface area contributed by atoms with Crippen LogP contribution in [0.5, 0.6) is 0 Å². The third-order valence-electron chi connectivity index (χ3n) is 11.2. The second kappa shape index (κ2) is 13.2. The van der Waals surface area contributed by atoms with Crippen molar-refractivity contribution in [2.45, 2.75) is 6.17 Å². The molecule has 2 aliphatic rings. The molecule has 1 unspecified atom stereocenters. The number of pyridine rings is 1. The van der Waals surface area contributed by atoms with Crippen LogP contribution in [0, 0.1) is 0 Å². The standard InChI is InChI=1S/C52H35N3O/c1-3-12-34(13-4-1)42-30-47(36-14-5-2-6-15-36)52-54-50-46(39-17-9-16-38(28-39)40-18-11-27-53-32-40)29-41(31-48(50)55(52)33-42)35-23-25-37(26-24-35)43-20-10-21-45-44-19-7-8-22-49(44)56-51(43)45/h1-33,52,54H. The van der Waals surface area contributed by atoms with E-state index in [1.807, 2.05) is 30.6 Å². The predicted molar refractivity (Wildman–Crippen MR) is 232 cm³/mol. The van der Waals surface area contributed by atoms with Crippen molar-refractivity contribution in [3.8, 4) is 44.5 Å². The zero-order valence-corrected chi connectivity index (χ0v) is 30.4. The topological polar surface area (TPSA) is 41.3 Å². The molecule has 4 heterocycles. The number of nitrogens with one attached hydrogen (secondary N) is 1. The highest BCUT2D eigenvalue weighted by Crippen LogP contribution is 2.50. The number of benzene rings is 7. The molecule has 0 saturated carbocycles. The smallest absolute Gasteiger partial charge is 0.143 e. The van der Waals surface area contributed by atoms with Crippen molar-refractivity contribution in [1.29, 1.82) is 0 Å². The van der Waals surface area contributed by atoms with Gasteiger partial charge in [0.15, 0.2) is 0 Å². The van der Waals surface area contributed by atoms with Crippen LogP contribution in [0.4, 0.5) is 11.4 Å². The molecule has 0 radical (unpaired) electrons. The highest BCUT2D eigenvalue weighted by Gasteiger charge is 2.36. The maximum absolute atomic E-state index is 6.41. The molecule has 1 N–H and O–H groups in total. The van der Waals surface area contributed by atoms with E-state index in [1.165, 1.54) is 22.3 Å². The van der Waals surface area contributed by atoms with Crippen LogP contribution in [0.25, 0.3) is 77.6 Å². The van der Waals surface area contributed by atoms with Gasteiger partial charge in [-0.2, -0.15) is 0 Å². The Morgan fingerprint density at radius 2 is 1.20 bits per heavy atom. The summed E-state index contributed by atoms with van der Waals surface area (Å²) in [5.74, 6) is 0. The van der Waals surface area contributed by atoms with Crippen molar-refractivity contribution in [3.05, 3.63) is 212 Å². The van der Waals surface area contributed by atoms with E-state index in [9.17, 15) is 0 Å². The zero-order valence-electron chi connectivity index (χ0n) is 30.4. The molecule has 2 aliphatic heterocycles. The lowest BCUT2D eigenvalue weighted by Crippen LogP contribution is -2.35. The van der Waals surface area contributed by atoms with Crippen LogP contribution in [-0.2, 0) is 0 Å². The van der Waals surface area contributed by atoms with Crippen LogP contribution in [-0.4, -0.2) is 11.1 Å². The predicted octanol–water partition coefficient (Wildman–Crippen LogP) is 13.3. The summed E-state index contributed by atoms with van der Waals surface area (Å²) < 4.78 is 6.41. The van der Waals surface area contributed by atoms with Crippen molar-refractivity contribution >= 4 is 44.5 Å². The fraction of sp³-hybridized carbons (Fsp3) is 0.0192. The van der Waals surface area contributed by atoms with Gasteiger partial charge in [0.05, 0.1) is 11.4 Å². The summed E-state index contributed by atoms with van der Waals surface area (Å²) in [5.41, 5.74) is 17.9. The van der Waals surface area contributed by atoms with E-state index in [2.05, 4.69) is 185 Å². The van der Waals surface area contributed by atoms with Gasteiger partial charge in [-0.05, 0) is 80.9 Å². The Kier molecular flexibility index (Phi) is 7.52. The Morgan fingerprint density at radius 3 is 2.02 bits per heavy atom. The summed E-state index contributed by atoms with van der Waals surface area (Å²) in [7, 11) is 0. The van der Waals surface area contributed by atoms with E-state index in [-0.39, 0.29) is 6.17 Å². The summed E-state index contributed by atoms with van der Waals surface area (Å²) in [4.78, 5) is 6.84. The Hall–Kier alpha value is -7.43. The fourth-order valence-corrected chi connectivity index (χ4v) is 8.40. The maximum Gasteiger partial charge on any atom is 0.143 e. The number of furan rings is 1. The molecule has 2 aromatic heterocycles. The molecule has 4 heteroatoms. The SMILES string of the molecule is C1=C(c2ccccc2)C=C(c2ccccc2)C2Nc3c(-c4cccc(-c5cccnc5)c4)cc(-c4ccc(-c5cccc6c5oc5ccccc56)cc4)cc3N12. The minimum absolute atomic E-state index is 0.0814. The first-order valence-corrected chi connectivity index (χ1v) is 19.0. The van der Waals surface area contributed by atoms with Gasteiger partial charge in [0.2, 0.25) is 0 Å². The van der Waals surface area contributed by atoms with E-state index in [0.29, 0.717) is 0 Å². The highest BCUT2D eigenvalue weighted by molar-refractivity contribution is 6.09. The third kappa shape index (κ3) is 5.42. The minimum Gasteiger partial charge on any atom is -0.455 e. The molecule has 0 spiro atoms. The lowest BCUT2D eigenvalue weighted by atomic mass is 9.93. The number of hydrogen-bond acceptors (Lipinski definition) is 4. The highest BCUT2D eigenvalue weighted by atomic mass is 16.3. The summed E-state index contributed by atoms with van der Waals surface area (Å²) in [5, 5.41) is 6.28. The first kappa shape index (κ1) is 32.0. The van der Waals surface area contributed by atoms with Crippen LogP contribution < -0.4 is 10.2 Å². The minimum atomic E-state index is -0.0814. The quantitative estimate of drug-likeness (QED) is 0.186. The summed E-state index contributed by atoms with van der Waals surface area (Å²) in [6, 6.07) is 62.6. The molecule has 56 heavy (non-hydrogen) atoms. The van der Waals surface area contributed by atoms with Gasteiger partial charge in [-0.25, -0.2) is 0 Å². The van der Waals surface area contributed by atoms with E-state index >= 15 is 0 Å². The molecule has 0 aliphatic carbocycles. The number of nitrogens with zero attached hydrogens (tertiary/aromatic N) is 2. The lowest BCUT2D eigenvalue weighted by molar-refractivity contribution is 0.670. The molecule has 0 saturated heterocycles. The van der Waals surface area contributed by atoms with Gasteiger partial charge in [0.1, 0.15) is 17.3 Å². The number of anilines is 2. The van der Waals surface area contributed by atoms with Gasteiger partial charge in [0, 0.05) is 51.6 Å². The van der Waals surface area contributed by atoms with Crippen LogP contribution >= 0.6 is 0 Å². The van der Waals surface area contributed by atoms with E-state index in [0.717, 1.165) is 77.8 Å². The average molecular weight is 718 g/mol. The molecule has 9 aromatic rings. The Labute approximate surface area is 325 Å². The number of fused-ring (bicyclic) bond motifs is 6. The fourth-order valence-electron chi connectivity index (χ4n) is 8.40. The molecule has 0 amide bonds. The lowest BCUT2D eigenvalue weighted by Gasteiger charge is -2.31. The molecular weight excluding hydrogens is 683 g/mol. The monoisotopic (exact) mass is 717 g/mol. The Morgan fingerprint density at radius 1 is 0.500 bits per heavy atom. The van der Waals surface area contributed by atoms with Gasteiger partial charge in [-0.3, -0.25) is 4.98 Å². The first-order valence-electron chi connectivity index (χ1n) is 19.0. The largest absolute Gasteiger partial charge is 0.455 e.